The maximum Gasteiger partial charge on any atom is 0.330 e. The quantitative estimate of drug-likeness (QED) is 0.485. The summed E-state index contributed by atoms with van der Waals surface area (Å²) < 4.78 is 5.02. The zero-order valence-corrected chi connectivity index (χ0v) is 16.2. The van der Waals surface area contributed by atoms with Crippen LogP contribution in [0.3, 0.4) is 0 Å². The van der Waals surface area contributed by atoms with Crippen LogP contribution < -0.4 is 9.80 Å². The van der Waals surface area contributed by atoms with Crippen molar-refractivity contribution in [3.05, 3.63) is 71.3 Å². The summed E-state index contributed by atoms with van der Waals surface area (Å²) in [5.41, 5.74) is 2.96. The van der Waals surface area contributed by atoms with Crippen molar-refractivity contribution < 1.29 is 19.1 Å². The standard InChI is InChI=1S/C22H22N2O4/c1-5-18(25)28-13-12-24(4)17-11-7-9-15-20(17)22(27)14-8-6-10-16(23(2)3)19(14)21(15)26/h5-11H,1,12-13H2,2-4H3. The van der Waals surface area contributed by atoms with Gasteiger partial charge in [0, 0.05) is 49.7 Å². The van der Waals surface area contributed by atoms with E-state index in [9.17, 15) is 14.4 Å². The number of hydrogen-bond acceptors (Lipinski definition) is 6. The molecule has 0 aromatic heterocycles. The van der Waals surface area contributed by atoms with Crippen molar-refractivity contribution in [3.63, 3.8) is 0 Å². The summed E-state index contributed by atoms with van der Waals surface area (Å²) in [6.45, 7) is 3.88. The second-order valence-electron chi connectivity index (χ2n) is 6.75. The highest BCUT2D eigenvalue weighted by Crippen LogP contribution is 2.36. The molecule has 0 saturated carbocycles. The highest BCUT2D eigenvalue weighted by atomic mass is 16.5. The number of likely N-dealkylation sites (N-methyl/N-ethyl adjacent to an activating group) is 1. The van der Waals surface area contributed by atoms with E-state index < -0.39 is 5.97 Å². The average Bonchev–Trinajstić information content (AvgIpc) is 2.70. The summed E-state index contributed by atoms with van der Waals surface area (Å²) in [6, 6.07) is 10.5. The van der Waals surface area contributed by atoms with E-state index >= 15 is 0 Å². The van der Waals surface area contributed by atoms with Gasteiger partial charge in [-0.2, -0.15) is 0 Å². The molecule has 0 spiro atoms. The molecule has 28 heavy (non-hydrogen) atoms. The summed E-state index contributed by atoms with van der Waals surface area (Å²) in [5.74, 6) is -0.846. The van der Waals surface area contributed by atoms with Gasteiger partial charge < -0.3 is 14.5 Å². The second-order valence-corrected chi connectivity index (χ2v) is 6.75. The Bertz CT molecular complexity index is 978. The molecule has 0 heterocycles. The molecule has 144 valence electrons. The van der Waals surface area contributed by atoms with E-state index in [1.165, 1.54) is 0 Å². The Kier molecular flexibility index (Phi) is 5.31. The smallest absolute Gasteiger partial charge is 0.330 e. The van der Waals surface area contributed by atoms with Crippen molar-refractivity contribution in [1.82, 2.24) is 0 Å². The topological polar surface area (TPSA) is 66.9 Å². The predicted octanol–water partition coefficient (Wildman–Crippen LogP) is 2.69. The minimum Gasteiger partial charge on any atom is -0.461 e. The molecule has 0 bridgehead atoms. The van der Waals surface area contributed by atoms with Gasteiger partial charge in [-0.15, -0.1) is 0 Å². The van der Waals surface area contributed by atoms with Gasteiger partial charge in [0.15, 0.2) is 11.6 Å². The van der Waals surface area contributed by atoms with Gasteiger partial charge in [0.1, 0.15) is 6.61 Å². The molecular formula is C22H22N2O4. The first kappa shape index (κ1) is 19.4. The number of rotatable bonds is 6. The lowest BCUT2D eigenvalue weighted by Crippen LogP contribution is -2.29. The molecule has 6 nitrogen and oxygen atoms in total. The summed E-state index contributed by atoms with van der Waals surface area (Å²) in [6.07, 6.45) is 1.10. The largest absolute Gasteiger partial charge is 0.461 e. The third-order valence-electron chi connectivity index (χ3n) is 4.76. The number of carbonyl (C=O) groups is 3. The van der Waals surface area contributed by atoms with Crippen LogP contribution in [0.5, 0.6) is 0 Å². The number of nitrogens with zero attached hydrogens (tertiary/aromatic N) is 2. The van der Waals surface area contributed by atoms with Gasteiger partial charge in [-0.25, -0.2) is 4.79 Å². The van der Waals surface area contributed by atoms with Crippen LogP contribution in [0.1, 0.15) is 31.8 Å². The molecule has 0 unspecified atom stereocenters. The lowest BCUT2D eigenvalue weighted by molar-refractivity contribution is -0.137. The van der Waals surface area contributed by atoms with Crippen LogP contribution in [0.15, 0.2) is 49.1 Å². The lowest BCUT2D eigenvalue weighted by atomic mass is 9.82. The number of ketones is 2. The van der Waals surface area contributed by atoms with Crippen LogP contribution in [0.4, 0.5) is 11.4 Å². The van der Waals surface area contributed by atoms with Crippen LogP contribution in [-0.2, 0) is 9.53 Å². The van der Waals surface area contributed by atoms with Crippen molar-refractivity contribution >= 4 is 28.9 Å². The molecule has 3 rings (SSSR count). The van der Waals surface area contributed by atoms with Gasteiger partial charge in [-0.3, -0.25) is 9.59 Å². The Morgan fingerprint density at radius 3 is 2.04 bits per heavy atom. The van der Waals surface area contributed by atoms with E-state index in [-0.39, 0.29) is 18.2 Å². The van der Waals surface area contributed by atoms with Crippen molar-refractivity contribution in [2.24, 2.45) is 0 Å². The lowest BCUT2D eigenvalue weighted by Gasteiger charge is -2.28. The highest BCUT2D eigenvalue weighted by molar-refractivity contribution is 6.31. The molecule has 2 aromatic carbocycles. The van der Waals surface area contributed by atoms with E-state index in [0.29, 0.717) is 34.5 Å². The molecule has 1 aliphatic rings. The zero-order chi connectivity index (χ0) is 20.4. The highest BCUT2D eigenvalue weighted by Gasteiger charge is 2.34. The van der Waals surface area contributed by atoms with Gasteiger partial charge in [0.2, 0.25) is 0 Å². The summed E-state index contributed by atoms with van der Waals surface area (Å²) in [7, 11) is 5.48. The molecule has 0 amide bonds. The van der Waals surface area contributed by atoms with E-state index in [4.69, 9.17) is 4.74 Å². The Hall–Kier alpha value is -3.41. The van der Waals surface area contributed by atoms with Crippen LogP contribution in [0.2, 0.25) is 0 Å². The van der Waals surface area contributed by atoms with Crippen molar-refractivity contribution in [2.75, 3.05) is 44.1 Å². The Morgan fingerprint density at radius 1 is 0.964 bits per heavy atom. The maximum atomic E-state index is 13.3. The number of hydrogen-bond donors (Lipinski definition) is 0. The van der Waals surface area contributed by atoms with Crippen molar-refractivity contribution in [1.29, 1.82) is 0 Å². The monoisotopic (exact) mass is 378 g/mol. The summed E-state index contributed by atoms with van der Waals surface area (Å²) >= 11 is 0. The Labute approximate surface area is 164 Å². The van der Waals surface area contributed by atoms with Crippen molar-refractivity contribution in [3.8, 4) is 0 Å². The Morgan fingerprint density at radius 2 is 1.50 bits per heavy atom. The Balaban J connectivity index is 2.00. The minimum atomic E-state index is -0.500. The number of benzene rings is 2. The molecule has 0 radical (unpaired) electrons. The SMILES string of the molecule is C=CC(=O)OCCN(C)c1cccc2c1C(=O)c1cccc(N(C)C)c1C2=O. The van der Waals surface area contributed by atoms with E-state index in [0.717, 1.165) is 11.8 Å². The summed E-state index contributed by atoms with van der Waals surface area (Å²) in [4.78, 5) is 41.4. The number of anilines is 2. The van der Waals surface area contributed by atoms with Crippen molar-refractivity contribution in [2.45, 2.75) is 0 Å². The molecule has 6 heteroatoms. The van der Waals surface area contributed by atoms with Crippen LogP contribution in [-0.4, -0.2) is 51.8 Å². The third-order valence-corrected chi connectivity index (χ3v) is 4.76. The van der Waals surface area contributed by atoms with E-state index in [1.54, 1.807) is 42.3 Å². The fraction of sp³-hybridized carbons (Fsp3) is 0.227. The number of carbonyl (C=O) groups excluding carboxylic acids is 3. The van der Waals surface area contributed by atoms with Crippen LogP contribution in [0, 0.1) is 0 Å². The van der Waals surface area contributed by atoms with Gasteiger partial charge in [-0.05, 0) is 12.1 Å². The minimum absolute atomic E-state index is 0.147. The van der Waals surface area contributed by atoms with Gasteiger partial charge in [0.25, 0.3) is 0 Å². The number of fused-ring (bicyclic) bond motifs is 2. The molecule has 0 N–H and O–H groups in total. The predicted molar refractivity (Wildman–Crippen MR) is 109 cm³/mol. The molecule has 0 fully saturated rings. The van der Waals surface area contributed by atoms with E-state index in [2.05, 4.69) is 6.58 Å². The first-order chi connectivity index (χ1) is 13.4. The maximum absolute atomic E-state index is 13.3. The molecular weight excluding hydrogens is 356 g/mol. The van der Waals surface area contributed by atoms with Crippen LogP contribution >= 0.6 is 0 Å². The fourth-order valence-electron chi connectivity index (χ4n) is 3.36. The molecule has 1 aliphatic carbocycles. The molecule has 0 aliphatic heterocycles. The van der Waals surface area contributed by atoms with Gasteiger partial charge in [-0.1, -0.05) is 30.8 Å². The molecule has 0 saturated heterocycles. The first-order valence-corrected chi connectivity index (χ1v) is 8.90. The number of esters is 1. The third kappa shape index (κ3) is 3.29. The molecule has 0 atom stereocenters. The zero-order valence-electron chi connectivity index (χ0n) is 16.2. The van der Waals surface area contributed by atoms with Crippen LogP contribution in [0.25, 0.3) is 0 Å². The summed E-state index contributed by atoms with van der Waals surface area (Å²) in [5, 5.41) is 0. The average molecular weight is 378 g/mol. The second kappa shape index (κ2) is 7.68. The van der Waals surface area contributed by atoms with Gasteiger partial charge in [0.05, 0.1) is 17.7 Å². The molecule has 2 aromatic rings. The van der Waals surface area contributed by atoms with Gasteiger partial charge >= 0.3 is 5.97 Å². The fourth-order valence-corrected chi connectivity index (χ4v) is 3.36. The first-order valence-electron chi connectivity index (χ1n) is 8.90. The number of ether oxygens (including phenoxy) is 1. The van der Waals surface area contributed by atoms with E-state index in [1.807, 2.05) is 25.1 Å². The normalized spacial score (nSPS) is 12.1.